The summed E-state index contributed by atoms with van der Waals surface area (Å²) in [6, 6.07) is 2.07. The van der Waals surface area contributed by atoms with Crippen LogP contribution in [0.5, 0.6) is 0 Å². The molecular formula is C10H17NO2. The Balaban J connectivity index is 3.75. The molecule has 0 aromatic carbocycles. The third kappa shape index (κ3) is 5.24. The lowest BCUT2D eigenvalue weighted by atomic mass is 10.00. The number of carbonyl (C=O) groups is 1. The van der Waals surface area contributed by atoms with E-state index in [9.17, 15) is 4.79 Å². The van der Waals surface area contributed by atoms with Crippen LogP contribution in [0.2, 0.25) is 0 Å². The smallest absolute Gasteiger partial charge is 0.308 e. The molecule has 0 spiro atoms. The lowest BCUT2D eigenvalue weighted by Gasteiger charge is -2.11. The van der Waals surface area contributed by atoms with Gasteiger partial charge in [-0.05, 0) is 26.2 Å². The van der Waals surface area contributed by atoms with E-state index in [-0.39, 0.29) is 11.9 Å². The molecule has 0 aromatic rings. The molecule has 0 rings (SSSR count). The van der Waals surface area contributed by atoms with Crippen molar-refractivity contribution in [1.82, 2.24) is 0 Å². The lowest BCUT2D eigenvalue weighted by Crippen LogP contribution is -2.16. The third-order valence-corrected chi connectivity index (χ3v) is 1.95. The van der Waals surface area contributed by atoms with E-state index in [0.29, 0.717) is 13.0 Å². The molecule has 0 saturated carbocycles. The fourth-order valence-electron chi connectivity index (χ4n) is 1.18. The number of hydrogen-bond acceptors (Lipinski definition) is 3. The van der Waals surface area contributed by atoms with Gasteiger partial charge in [-0.1, -0.05) is 6.92 Å². The molecule has 0 heterocycles. The number of unbranched alkanes of at least 4 members (excludes halogenated alkanes) is 1. The Kier molecular flexibility index (Phi) is 6.99. The Morgan fingerprint density at radius 2 is 2.23 bits per heavy atom. The molecule has 0 amide bonds. The van der Waals surface area contributed by atoms with Gasteiger partial charge in [0.2, 0.25) is 0 Å². The highest BCUT2D eigenvalue weighted by atomic mass is 16.5. The topological polar surface area (TPSA) is 50.1 Å². The van der Waals surface area contributed by atoms with Gasteiger partial charge in [0, 0.05) is 6.42 Å². The summed E-state index contributed by atoms with van der Waals surface area (Å²) in [5.74, 6) is -0.142. The number of carbonyl (C=O) groups excluding carboxylic acids is 1. The fourth-order valence-corrected chi connectivity index (χ4v) is 1.18. The van der Waals surface area contributed by atoms with Gasteiger partial charge in [-0.15, -0.1) is 0 Å². The number of nitrogens with zero attached hydrogens (tertiary/aromatic N) is 1. The first-order valence-corrected chi connectivity index (χ1v) is 4.79. The van der Waals surface area contributed by atoms with Crippen LogP contribution in [0.25, 0.3) is 0 Å². The molecule has 3 heteroatoms. The van der Waals surface area contributed by atoms with E-state index >= 15 is 0 Å². The van der Waals surface area contributed by atoms with Gasteiger partial charge >= 0.3 is 5.97 Å². The molecule has 0 aliphatic carbocycles. The minimum atomic E-state index is -0.122. The van der Waals surface area contributed by atoms with Gasteiger partial charge in [0.25, 0.3) is 0 Å². The van der Waals surface area contributed by atoms with E-state index in [2.05, 4.69) is 6.07 Å². The summed E-state index contributed by atoms with van der Waals surface area (Å²) < 4.78 is 4.90. The van der Waals surface area contributed by atoms with Gasteiger partial charge in [-0.2, -0.15) is 5.26 Å². The monoisotopic (exact) mass is 183 g/mol. The normalized spacial score (nSPS) is 11.8. The van der Waals surface area contributed by atoms with Crippen molar-refractivity contribution in [1.29, 1.82) is 5.26 Å². The molecule has 3 nitrogen and oxygen atoms in total. The maximum absolute atomic E-state index is 11.3. The van der Waals surface area contributed by atoms with Gasteiger partial charge in [0.1, 0.15) is 0 Å². The zero-order valence-electron chi connectivity index (χ0n) is 8.38. The molecule has 0 bridgehead atoms. The number of hydrogen-bond donors (Lipinski definition) is 0. The van der Waals surface area contributed by atoms with E-state index in [1.165, 1.54) is 0 Å². The van der Waals surface area contributed by atoms with Crippen LogP contribution >= 0.6 is 0 Å². The highest BCUT2D eigenvalue weighted by molar-refractivity contribution is 5.72. The van der Waals surface area contributed by atoms with Crippen molar-refractivity contribution in [3.63, 3.8) is 0 Å². The predicted molar refractivity (Wildman–Crippen MR) is 49.9 cm³/mol. The first-order valence-electron chi connectivity index (χ1n) is 4.79. The molecule has 1 atom stereocenters. The van der Waals surface area contributed by atoms with Gasteiger partial charge in [-0.25, -0.2) is 0 Å². The number of rotatable bonds is 6. The van der Waals surface area contributed by atoms with Crippen molar-refractivity contribution in [2.45, 2.75) is 39.5 Å². The Morgan fingerprint density at radius 1 is 1.54 bits per heavy atom. The molecule has 0 fully saturated rings. The minimum Gasteiger partial charge on any atom is -0.466 e. The van der Waals surface area contributed by atoms with Crippen LogP contribution in [-0.2, 0) is 9.53 Å². The molecule has 0 aliphatic rings. The zero-order valence-corrected chi connectivity index (χ0v) is 8.38. The molecule has 74 valence electrons. The van der Waals surface area contributed by atoms with Crippen LogP contribution in [0.3, 0.4) is 0 Å². The molecular weight excluding hydrogens is 166 g/mol. The van der Waals surface area contributed by atoms with Gasteiger partial charge < -0.3 is 4.74 Å². The van der Waals surface area contributed by atoms with E-state index in [1.807, 2.05) is 6.92 Å². The largest absolute Gasteiger partial charge is 0.466 e. The zero-order chi connectivity index (χ0) is 10.1. The maximum atomic E-state index is 11.3. The van der Waals surface area contributed by atoms with Gasteiger partial charge in [-0.3, -0.25) is 4.79 Å². The first kappa shape index (κ1) is 12.0. The lowest BCUT2D eigenvalue weighted by molar-refractivity contribution is -0.148. The quantitative estimate of drug-likeness (QED) is 0.469. The summed E-state index contributed by atoms with van der Waals surface area (Å²) >= 11 is 0. The number of ether oxygens (including phenoxy) is 1. The summed E-state index contributed by atoms with van der Waals surface area (Å²) in [6.07, 6.45) is 2.87. The number of nitriles is 1. The Hall–Kier alpha value is -1.04. The highest BCUT2D eigenvalue weighted by Gasteiger charge is 2.16. The van der Waals surface area contributed by atoms with Crippen LogP contribution in [-0.4, -0.2) is 12.6 Å². The molecule has 0 N–H and O–H groups in total. The van der Waals surface area contributed by atoms with Gasteiger partial charge in [0.05, 0.1) is 18.6 Å². The van der Waals surface area contributed by atoms with E-state index < -0.39 is 0 Å². The van der Waals surface area contributed by atoms with Crippen LogP contribution in [0, 0.1) is 17.2 Å². The van der Waals surface area contributed by atoms with E-state index in [1.54, 1.807) is 6.92 Å². The van der Waals surface area contributed by atoms with Gasteiger partial charge in [0.15, 0.2) is 0 Å². The van der Waals surface area contributed by atoms with Crippen molar-refractivity contribution < 1.29 is 9.53 Å². The standard InChI is InChI=1S/C10H17NO2/c1-3-9(7-5-6-8-11)10(12)13-4-2/h9H,3-7H2,1-2H3. The molecule has 0 aromatic heterocycles. The van der Waals surface area contributed by atoms with Crippen LogP contribution in [0.4, 0.5) is 0 Å². The second-order valence-electron chi connectivity index (χ2n) is 2.91. The summed E-state index contributed by atoms with van der Waals surface area (Å²) in [5, 5.41) is 8.33. The van der Waals surface area contributed by atoms with Crippen molar-refractivity contribution in [3.8, 4) is 6.07 Å². The van der Waals surface area contributed by atoms with E-state index in [4.69, 9.17) is 10.00 Å². The minimum absolute atomic E-state index is 0.0201. The highest BCUT2D eigenvalue weighted by Crippen LogP contribution is 2.13. The Bertz CT molecular complexity index is 184. The Morgan fingerprint density at radius 3 is 2.69 bits per heavy atom. The van der Waals surface area contributed by atoms with Crippen molar-refractivity contribution in [3.05, 3.63) is 0 Å². The fraction of sp³-hybridized carbons (Fsp3) is 0.800. The average molecular weight is 183 g/mol. The summed E-state index contributed by atoms with van der Waals surface area (Å²) in [5.41, 5.74) is 0. The molecule has 1 unspecified atom stereocenters. The predicted octanol–water partition coefficient (Wildman–Crippen LogP) is 2.27. The molecule has 0 radical (unpaired) electrons. The van der Waals surface area contributed by atoms with Crippen molar-refractivity contribution in [2.75, 3.05) is 6.61 Å². The second-order valence-corrected chi connectivity index (χ2v) is 2.91. The van der Waals surface area contributed by atoms with Crippen LogP contribution < -0.4 is 0 Å². The van der Waals surface area contributed by atoms with Crippen LogP contribution in [0.1, 0.15) is 39.5 Å². The summed E-state index contributed by atoms with van der Waals surface area (Å²) in [4.78, 5) is 11.3. The first-order chi connectivity index (χ1) is 6.26. The van der Waals surface area contributed by atoms with Crippen LogP contribution in [0.15, 0.2) is 0 Å². The van der Waals surface area contributed by atoms with E-state index in [0.717, 1.165) is 19.3 Å². The average Bonchev–Trinajstić information content (AvgIpc) is 2.13. The molecule has 0 saturated heterocycles. The maximum Gasteiger partial charge on any atom is 0.308 e. The molecule has 13 heavy (non-hydrogen) atoms. The molecule has 0 aliphatic heterocycles. The van der Waals surface area contributed by atoms with Crippen molar-refractivity contribution >= 4 is 5.97 Å². The second kappa shape index (κ2) is 7.60. The Labute approximate surface area is 79.7 Å². The number of esters is 1. The SMILES string of the molecule is CCOC(=O)C(CC)CCCC#N. The summed E-state index contributed by atoms with van der Waals surface area (Å²) in [6.45, 7) is 4.21. The van der Waals surface area contributed by atoms with Crippen molar-refractivity contribution in [2.24, 2.45) is 5.92 Å². The summed E-state index contributed by atoms with van der Waals surface area (Å²) in [7, 11) is 0. The third-order valence-electron chi connectivity index (χ3n) is 1.95.